The van der Waals surface area contributed by atoms with Gasteiger partial charge in [-0.3, -0.25) is 9.59 Å². The van der Waals surface area contributed by atoms with Gasteiger partial charge in [-0.05, 0) is 48.6 Å². The molecule has 4 nitrogen and oxygen atoms in total. The highest BCUT2D eigenvalue weighted by Crippen LogP contribution is 2.46. The lowest BCUT2D eigenvalue weighted by Gasteiger charge is -2.16. The first-order valence-corrected chi connectivity index (χ1v) is 8.75. The topological polar surface area (TPSA) is 58.2 Å². The summed E-state index contributed by atoms with van der Waals surface area (Å²) >= 11 is 5.85. The second-order valence-electron chi connectivity index (χ2n) is 6.50. The molecule has 0 bridgehead atoms. The third-order valence-electron chi connectivity index (χ3n) is 4.69. The number of hydrogen-bond donors (Lipinski definition) is 2. The summed E-state index contributed by atoms with van der Waals surface area (Å²) in [5, 5.41) is 6.44. The average molecular weight is 357 g/mol. The van der Waals surface area contributed by atoms with Gasteiger partial charge >= 0.3 is 0 Å². The van der Waals surface area contributed by atoms with Gasteiger partial charge in [-0.2, -0.15) is 0 Å². The number of halogens is 1. The molecule has 2 N–H and O–H groups in total. The van der Waals surface area contributed by atoms with Crippen LogP contribution < -0.4 is 10.6 Å². The van der Waals surface area contributed by atoms with E-state index >= 15 is 0 Å². The summed E-state index contributed by atoms with van der Waals surface area (Å²) in [5.41, 5.74) is 2.23. The Morgan fingerprint density at radius 1 is 0.960 bits per heavy atom. The average Bonchev–Trinajstić information content (AvgIpc) is 3.42. The van der Waals surface area contributed by atoms with E-state index in [0.29, 0.717) is 31.0 Å². The molecule has 0 aliphatic heterocycles. The predicted molar refractivity (Wildman–Crippen MR) is 98.0 cm³/mol. The predicted octanol–water partition coefficient (Wildman–Crippen LogP) is 3.36. The van der Waals surface area contributed by atoms with Gasteiger partial charge < -0.3 is 10.6 Å². The summed E-state index contributed by atoms with van der Waals surface area (Å²) in [5.74, 6) is -0.394. The molecule has 1 saturated carbocycles. The Hall–Kier alpha value is -2.33. The fourth-order valence-electron chi connectivity index (χ4n) is 2.79. The second-order valence-corrected chi connectivity index (χ2v) is 6.94. The first-order chi connectivity index (χ1) is 12.0. The number of carbonyl (C=O) groups is 2. The maximum absolute atomic E-state index is 12.5. The van der Waals surface area contributed by atoms with E-state index in [0.717, 1.165) is 16.7 Å². The van der Waals surface area contributed by atoms with Gasteiger partial charge in [-0.25, -0.2) is 0 Å². The Morgan fingerprint density at radius 3 is 2.16 bits per heavy atom. The molecule has 1 fully saturated rings. The maximum atomic E-state index is 12.5. The Morgan fingerprint density at radius 2 is 1.56 bits per heavy atom. The SMILES string of the molecule is Cc1ccccc1CNC(=O)C1(C(=O)NCc2ccc(Cl)cc2)CC1. The highest BCUT2D eigenvalue weighted by molar-refractivity contribution is 6.30. The largest absolute Gasteiger partial charge is 0.351 e. The maximum Gasteiger partial charge on any atom is 0.235 e. The molecule has 0 spiro atoms. The smallest absolute Gasteiger partial charge is 0.235 e. The molecule has 0 aromatic heterocycles. The number of aryl methyl sites for hydroxylation is 1. The van der Waals surface area contributed by atoms with Gasteiger partial charge in [0.25, 0.3) is 0 Å². The molecular weight excluding hydrogens is 336 g/mol. The lowest BCUT2D eigenvalue weighted by atomic mass is 10.0. The zero-order chi connectivity index (χ0) is 17.9. The van der Waals surface area contributed by atoms with Gasteiger partial charge in [0.2, 0.25) is 11.8 Å². The monoisotopic (exact) mass is 356 g/mol. The third-order valence-corrected chi connectivity index (χ3v) is 4.94. The van der Waals surface area contributed by atoms with Crippen molar-refractivity contribution in [2.24, 2.45) is 5.41 Å². The zero-order valence-corrected chi connectivity index (χ0v) is 14.9. The van der Waals surface area contributed by atoms with E-state index in [1.54, 1.807) is 12.1 Å². The van der Waals surface area contributed by atoms with Crippen molar-refractivity contribution in [2.75, 3.05) is 0 Å². The number of amides is 2. The summed E-state index contributed by atoms with van der Waals surface area (Å²) in [6.45, 7) is 2.84. The summed E-state index contributed by atoms with van der Waals surface area (Å²) in [4.78, 5) is 25.0. The van der Waals surface area contributed by atoms with Crippen LogP contribution in [0.25, 0.3) is 0 Å². The standard InChI is InChI=1S/C20H21ClN2O2/c1-14-4-2-3-5-16(14)13-23-19(25)20(10-11-20)18(24)22-12-15-6-8-17(21)9-7-15/h2-9H,10-13H2,1H3,(H,22,24)(H,23,25). The highest BCUT2D eigenvalue weighted by atomic mass is 35.5. The fourth-order valence-corrected chi connectivity index (χ4v) is 2.92. The van der Waals surface area contributed by atoms with Crippen LogP contribution in [0, 0.1) is 12.3 Å². The van der Waals surface area contributed by atoms with Crippen LogP contribution in [-0.2, 0) is 22.7 Å². The van der Waals surface area contributed by atoms with Crippen molar-refractivity contribution in [1.82, 2.24) is 10.6 Å². The molecule has 5 heteroatoms. The molecule has 0 atom stereocenters. The van der Waals surface area contributed by atoms with Crippen LogP contribution in [0.4, 0.5) is 0 Å². The molecule has 2 aromatic rings. The van der Waals surface area contributed by atoms with Crippen LogP contribution in [0.5, 0.6) is 0 Å². The van der Waals surface area contributed by atoms with Crippen molar-refractivity contribution in [3.8, 4) is 0 Å². The van der Waals surface area contributed by atoms with Crippen LogP contribution in [0.1, 0.15) is 29.5 Å². The van der Waals surface area contributed by atoms with Crippen molar-refractivity contribution in [2.45, 2.75) is 32.9 Å². The van der Waals surface area contributed by atoms with Crippen LogP contribution >= 0.6 is 11.6 Å². The molecule has 25 heavy (non-hydrogen) atoms. The zero-order valence-electron chi connectivity index (χ0n) is 14.1. The summed E-state index contributed by atoms with van der Waals surface area (Å²) in [6, 6.07) is 15.2. The molecule has 3 rings (SSSR count). The van der Waals surface area contributed by atoms with Gasteiger partial charge in [0.1, 0.15) is 5.41 Å². The van der Waals surface area contributed by atoms with Crippen molar-refractivity contribution >= 4 is 23.4 Å². The van der Waals surface area contributed by atoms with E-state index in [4.69, 9.17) is 11.6 Å². The molecule has 2 aromatic carbocycles. The fraction of sp³-hybridized carbons (Fsp3) is 0.300. The number of rotatable bonds is 6. The minimum Gasteiger partial charge on any atom is -0.351 e. The number of nitrogens with one attached hydrogen (secondary N) is 2. The minimum absolute atomic E-state index is 0.190. The molecule has 130 valence electrons. The summed E-state index contributed by atoms with van der Waals surface area (Å²) in [7, 11) is 0. The molecule has 1 aliphatic rings. The van der Waals surface area contributed by atoms with Gasteiger partial charge in [0.05, 0.1) is 0 Å². The van der Waals surface area contributed by atoms with Gasteiger partial charge in [-0.1, -0.05) is 48.0 Å². The molecular formula is C20H21ClN2O2. The Bertz CT molecular complexity index is 783. The highest BCUT2D eigenvalue weighted by Gasteiger charge is 2.56. The van der Waals surface area contributed by atoms with E-state index in [1.165, 1.54) is 0 Å². The Labute approximate surface area is 152 Å². The second kappa shape index (κ2) is 7.28. The van der Waals surface area contributed by atoms with E-state index in [1.807, 2.05) is 43.3 Å². The van der Waals surface area contributed by atoms with E-state index in [9.17, 15) is 9.59 Å². The number of hydrogen-bond acceptors (Lipinski definition) is 2. The Kier molecular flexibility index (Phi) is 5.09. The van der Waals surface area contributed by atoms with Gasteiger partial charge in [0.15, 0.2) is 0 Å². The molecule has 0 radical (unpaired) electrons. The van der Waals surface area contributed by atoms with Crippen LogP contribution in [0.3, 0.4) is 0 Å². The lowest BCUT2D eigenvalue weighted by Crippen LogP contribution is -2.42. The Balaban J connectivity index is 1.55. The van der Waals surface area contributed by atoms with Crippen molar-refractivity contribution < 1.29 is 9.59 Å². The van der Waals surface area contributed by atoms with Gasteiger partial charge in [-0.15, -0.1) is 0 Å². The normalized spacial score (nSPS) is 14.6. The molecule has 1 aliphatic carbocycles. The first-order valence-electron chi connectivity index (χ1n) is 8.37. The lowest BCUT2D eigenvalue weighted by molar-refractivity contribution is -0.137. The number of carbonyl (C=O) groups excluding carboxylic acids is 2. The van der Waals surface area contributed by atoms with Crippen LogP contribution in [0.2, 0.25) is 5.02 Å². The molecule has 2 amide bonds. The third kappa shape index (κ3) is 4.02. The molecule has 0 unspecified atom stereocenters. The number of benzene rings is 2. The van der Waals surface area contributed by atoms with Crippen molar-refractivity contribution in [3.63, 3.8) is 0 Å². The van der Waals surface area contributed by atoms with E-state index in [-0.39, 0.29) is 11.8 Å². The van der Waals surface area contributed by atoms with Crippen LogP contribution in [0.15, 0.2) is 48.5 Å². The van der Waals surface area contributed by atoms with Crippen LogP contribution in [-0.4, -0.2) is 11.8 Å². The van der Waals surface area contributed by atoms with E-state index < -0.39 is 5.41 Å². The van der Waals surface area contributed by atoms with E-state index in [2.05, 4.69) is 10.6 Å². The molecule has 0 heterocycles. The summed E-state index contributed by atoms with van der Waals surface area (Å²) in [6.07, 6.45) is 1.19. The summed E-state index contributed by atoms with van der Waals surface area (Å²) < 4.78 is 0. The minimum atomic E-state index is -0.908. The quantitative estimate of drug-likeness (QED) is 0.780. The first kappa shape index (κ1) is 17.5. The molecule has 0 saturated heterocycles. The van der Waals surface area contributed by atoms with Crippen molar-refractivity contribution in [1.29, 1.82) is 0 Å². The van der Waals surface area contributed by atoms with Crippen molar-refractivity contribution in [3.05, 3.63) is 70.2 Å². The van der Waals surface area contributed by atoms with Gasteiger partial charge in [0, 0.05) is 18.1 Å².